The molecule has 0 radical (unpaired) electrons. The van der Waals surface area contributed by atoms with Gasteiger partial charge in [0, 0.05) is 7.11 Å². The second-order valence-corrected chi connectivity index (χ2v) is 0. The van der Waals surface area contributed by atoms with Crippen molar-refractivity contribution >= 4 is 0 Å². The van der Waals surface area contributed by atoms with Crippen LogP contribution in [-0.2, 0) is 0 Å². The van der Waals surface area contributed by atoms with Crippen LogP contribution in [0, 0.1) is 0 Å². The van der Waals surface area contributed by atoms with Gasteiger partial charge < -0.3 is 7.96 Å². The van der Waals surface area contributed by atoms with Crippen molar-refractivity contribution in [3.63, 3.8) is 0 Å². The molecule has 0 fully saturated rings. The maximum absolute atomic E-state index is 7.00. The van der Waals surface area contributed by atoms with Crippen molar-refractivity contribution in [2.45, 2.75) is 0 Å². The molecule has 0 saturated heterocycles. The molecule has 0 amide bonds. The third kappa shape index (κ3) is 11.0. The molecule has 0 saturated carbocycles. The second-order valence-electron chi connectivity index (χ2n) is 0. The zero-order valence-electron chi connectivity index (χ0n) is 5.45. The molecule has 1 N–H and O–H groups in total. The molecule has 0 aliphatic carbocycles. The van der Waals surface area contributed by atoms with Crippen molar-refractivity contribution in [3.05, 3.63) is 0 Å². The molecule has 0 aliphatic heterocycles. The van der Waals surface area contributed by atoms with Crippen LogP contribution in [0.15, 0.2) is 0 Å². The Balaban J connectivity index is -0.000000000833. The molecule has 0 bridgehead atoms. The molecule has 3 heteroatoms. The topological polar surface area (TPSA) is 20.2 Å². The first kappa shape index (κ1) is 19.2. The van der Waals surface area contributed by atoms with Crippen LogP contribution in [0.3, 0.4) is 0 Å². The summed E-state index contributed by atoms with van der Waals surface area (Å²) in [5.74, 6) is 0. The summed E-state index contributed by atoms with van der Waals surface area (Å²) in [5, 5.41) is 7.00. The van der Waals surface area contributed by atoms with E-state index in [-0.39, 0.29) is 40.6 Å². The molecule has 0 aromatic heterocycles. The van der Waals surface area contributed by atoms with E-state index in [0.717, 1.165) is 7.11 Å². The monoisotopic (exact) mass is 48.1 g/mol. The standard InChI is InChI=1S/CH4O.2Li.2H/c1-2;;;;/h2H,1H3;;;;/q;2*+1;2*-1. The number of aliphatic hydroxyl groups excluding tert-OH is 1. The number of aliphatic hydroxyl groups is 1. The van der Waals surface area contributed by atoms with Crippen LogP contribution < -0.4 is 37.7 Å². The summed E-state index contributed by atoms with van der Waals surface area (Å²) in [5.41, 5.74) is 0. The van der Waals surface area contributed by atoms with Gasteiger partial charge in [-0.3, -0.25) is 0 Å². The second kappa shape index (κ2) is 31.0. The van der Waals surface area contributed by atoms with Crippen molar-refractivity contribution in [3.8, 4) is 0 Å². The van der Waals surface area contributed by atoms with E-state index in [1.165, 1.54) is 0 Å². The molecular formula is CH6Li2O. The molecule has 18 valence electrons. The van der Waals surface area contributed by atoms with E-state index in [1.807, 2.05) is 0 Å². The summed E-state index contributed by atoms with van der Waals surface area (Å²) in [6.45, 7) is 0. The fourth-order valence-electron chi connectivity index (χ4n) is 0. The van der Waals surface area contributed by atoms with Gasteiger partial charge in [-0.1, -0.05) is 0 Å². The van der Waals surface area contributed by atoms with Gasteiger partial charge in [0.2, 0.25) is 0 Å². The quantitative estimate of drug-likeness (QED) is 0.270. The predicted octanol–water partition coefficient (Wildman–Crippen LogP) is -6.16. The van der Waals surface area contributed by atoms with Crippen LogP contribution in [0.4, 0.5) is 0 Å². The van der Waals surface area contributed by atoms with Gasteiger partial charge in [0.25, 0.3) is 0 Å². The van der Waals surface area contributed by atoms with E-state index >= 15 is 0 Å². The molecule has 0 aromatic carbocycles. The Morgan fingerprint density at radius 2 is 1.25 bits per heavy atom. The third-order valence-corrected chi connectivity index (χ3v) is 0. The zero-order valence-corrected chi connectivity index (χ0v) is 3.45. The first-order chi connectivity index (χ1) is 1.00. The van der Waals surface area contributed by atoms with Gasteiger partial charge in [-0.15, -0.1) is 0 Å². The summed E-state index contributed by atoms with van der Waals surface area (Å²) in [6, 6.07) is 0. The van der Waals surface area contributed by atoms with E-state index in [1.54, 1.807) is 0 Å². The first-order valence-electron chi connectivity index (χ1n) is 0.447. The maximum Gasteiger partial charge on any atom is 1.00 e. The van der Waals surface area contributed by atoms with E-state index in [4.69, 9.17) is 5.11 Å². The van der Waals surface area contributed by atoms with Crippen molar-refractivity contribution in [2.24, 2.45) is 0 Å². The number of rotatable bonds is 0. The molecule has 0 heterocycles. The molecule has 1 nitrogen and oxygen atoms in total. The summed E-state index contributed by atoms with van der Waals surface area (Å²) in [6.07, 6.45) is 0. The summed E-state index contributed by atoms with van der Waals surface area (Å²) in [7, 11) is 1.00. The minimum atomic E-state index is 0. The van der Waals surface area contributed by atoms with Crippen LogP contribution in [0.5, 0.6) is 0 Å². The first-order valence-corrected chi connectivity index (χ1v) is 0.447. The van der Waals surface area contributed by atoms with Crippen molar-refractivity contribution in [2.75, 3.05) is 7.11 Å². The Morgan fingerprint density at radius 1 is 1.25 bits per heavy atom. The molecular weight excluding hydrogens is 41.9 g/mol. The van der Waals surface area contributed by atoms with Gasteiger partial charge in [-0.25, -0.2) is 0 Å². The smallest absolute Gasteiger partial charge is 1.00 e. The summed E-state index contributed by atoms with van der Waals surface area (Å²) < 4.78 is 0. The SMILES string of the molecule is CO.[H-].[H-].[Li+].[Li+]. The summed E-state index contributed by atoms with van der Waals surface area (Å²) >= 11 is 0. The molecule has 0 atom stereocenters. The van der Waals surface area contributed by atoms with Gasteiger partial charge >= 0.3 is 37.7 Å². The molecule has 0 unspecified atom stereocenters. The van der Waals surface area contributed by atoms with Crippen molar-refractivity contribution in [1.82, 2.24) is 0 Å². The van der Waals surface area contributed by atoms with Crippen molar-refractivity contribution in [1.29, 1.82) is 0 Å². The average Bonchev–Trinajstić information content (AvgIpc) is 1.00. The van der Waals surface area contributed by atoms with Gasteiger partial charge in [-0.2, -0.15) is 0 Å². The zero-order chi connectivity index (χ0) is 2.00. The Hall–Kier alpha value is 1.15. The van der Waals surface area contributed by atoms with Gasteiger partial charge in [-0.05, 0) is 0 Å². The van der Waals surface area contributed by atoms with E-state index in [9.17, 15) is 0 Å². The molecule has 0 spiro atoms. The summed E-state index contributed by atoms with van der Waals surface area (Å²) in [4.78, 5) is 0. The van der Waals surface area contributed by atoms with E-state index in [0.29, 0.717) is 0 Å². The molecule has 0 rings (SSSR count). The van der Waals surface area contributed by atoms with Gasteiger partial charge in [0.15, 0.2) is 0 Å². The van der Waals surface area contributed by atoms with Crippen LogP contribution in [0.25, 0.3) is 0 Å². The van der Waals surface area contributed by atoms with Crippen LogP contribution in [0.1, 0.15) is 2.85 Å². The largest absolute Gasteiger partial charge is 1.00 e. The van der Waals surface area contributed by atoms with E-state index in [2.05, 4.69) is 0 Å². The fraction of sp³-hybridized carbons (Fsp3) is 1.00. The van der Waals surface area contributed by atoms with Crippen molar-refractivity contribution < 1.29 is 45.7 Å². The maximum atomic E-state index is 7.00. The van der Waals surface area contributed by atoms with E-state index < -0.39 is 0 Å². The van der Waals surface area contributed by atoms with Crippen LogP contribution in [0.2, 0.25) is 0 Å². The average molecular weight is 47.9 g/mol. The van der Waals surface area contributed by atoms with Gasteiger partial charge in [0.05, 0.1) is 0 Å². The Kier molecular flexibility index (Phi) is 149. The number of hydrogen-bond acceptors (Lipinski definition) is 1. The molecule has 4 heavy (non-hydrogen) atoms. The Bertz CT molecular complexity index is 11.5. The fourth-order valence-corrected chi connectivity index (χ4v) is 0. The van der Waals surface area contributed by atoms with Gasteiger partial charge in [0.1, 0.15) is 0 Å². The van der Waals surface area contributed by atoms with Crippen LogP contribution >= 0.6 is 0 Å². The molecule has 0 aliphatic rings. The normalized spacial score (nSPS) is 1.50. The minimum Gasteiger partial charge on any atom is -1.00 e. The Morgan fingerprint density at radius 3 is 1.25 bits per heavy atom. The third-order valence-electron chi connectivity index (χ3n) is 0. The van der Waals surface area contributed by atoms with Crippen LogP contribution in [-0.4, -0.2) is 12.2 Å². The Labute approximate surface area is 53.1 Å². The number of hydrogen-bond donors (Lipinski definition) is 1. The molecule has 0 aromatic rings. The predicted molar refractivity (Wildman–Crippen MR) is 10.4 cm³/mol. The minimum absolute atomic E-state index is 0.